The standard InChI is InChI=1S/C10H20N2O/c1-9(2)6-5-7-12(4)10(9,3)8(11)13/h5-7H2,1-4H3,(H2,11,13). The summed E-state index contributed by atoms with van der Waals surface area (Å²) in [7, 11) is 1.98. The average Bonchev–Trinajstić information content (AvgIpc) is 1.99. The van der Waals surface area contributed by atoms with Crippen LogP contribution in [-0.4, -0.2) is 29.9 Å². The molecule has 0 aromatic carbocycles. The van der Waals surface area contributed by atoms with E-state index in [1.807, 2.05) is 14.0 Å². The lowest BCUT2D eigenvalue weighted by atomic mass is 9.66. The Balaban J connectivity index is 3.05. The number of carbonyl (C=O) groups excluding carboxylic acids is 1. The minimum absolute atomic E-state index is 0.0220. The molecule has 0 aromatic heterocycles. The lowest BCUT2D eigenvalue weighted by Crippen LogP contribution is -2.64. The highest BCUT2D eigenvalue weighted by Crippen LogP contribution is 2.42. The van der Waals surface area contributed by atoms with Crippen molar-refractivity contribution < 1.29 is 4.79 Å². The van der Waals surface area contributed by atoms with Crippen LogP contribution >= 0.6 is 0 Å². The lowest BCUT2D eigenvalue weighted by molar-refractivity contribution is -0.140. The van der Waals surface area contributed by atoms with Crippen LogP contribution < -0.4 is 5.73 Å². The normalized spacial score (nSPS) is 34.5. The van der Waals surface area contributed by atoms with Crippen LogP contribution in [-0.2, 0) is 4.79 Å². The number of piperidine rings is 1. The number of likely N-dealkylation sites (tertiary alicyclic amines) is 1. The van der Waals surface area contributed by atoms with E-state index in [9.17, 15) is 4.79 Å². The molecular weight excluding hydrogens is 164 g/mol. The Labute approximate surface area is 80.3 Å². The highest BCUT2D eigenvalue weighted by atomic mass is 16.1. The first kappa shape index (κ1) is 10.5. The smallest absolute Gasteiger partial charge is 0.238 e. The summed E-state index contributed by atoms with van der Waals surface area (Å²) in [5, 5.41) is 0. The van der Waals surface area contributed by atoms with Crippen molar-refractivity contribution in [3.63, 3.8) is 0 Å². The van der Waals surface area contributed by atoms with Gasteiger partial charge in [0.15, 0.2) is 0 Å². The third-order valence-electron chi connectivity index (χ3n) is 3.86. The number of nitrogens with two attached hydrogens (primary N) is 1. The molecule has 2 N–H and O–H groups in total. The van der Waals surface area contributed by atoms with Crippen LogP contribution in [0.1, 0.15) is 33.6 Å². The molecular formula is C10H20N2O. The van der Waals surface area contributed by atoms with Crippen LogP contribution in [0, 0.1) is 5.41 Å². The monoisotopic (exact) mass is 184 g/mol. The predicted octanol–water partition coefficient (Wildman–Crippen LogP) is 0.982. The fourth-order valence-electron chi connectivity index (χ4n) is 2.26. The summed E-state index contributed by atoms with van der Waals surface area (Å²) >= 11 is 0. The largest absolute Gasteiger partial charge is 0.368 e. The van der Waals surface area contributed by atoms with E-state index in [0.29, 0.717) is 0 Å². The maximum absolute atomic E-state index is 11.5. The third-order valence-corrected chi connectivity index (χ3v) is 3.86. The molecule has 1 aliphatic rings. The molecule has 0 spiro atoms. The van der Waals surface area contributed by atoms with E-state index < -0.39 is 5.54 Å². The van der Waals surface area contributed by atoms with Crippen molar-refractivity contribution in [2.45, 2.75) is 39.2 Å². The van der Waals surface area contributed by atoms with Crippen LogP contribution in [0.5, 0.6) is 0 Å². The zero-order valence-corrected chi connectivity index (χ0v) is 9.05. The summed E-state index contributed by atoms with van der Waals surface area (Å²) in [6.07, 6.45) is 2.21. The SMILES string of the molecule is CN1CCCC(C)(C)C1(C)C(N)=O. The van der Waals surface area contributed by atoms with Crippen LogP contribution in [0.2, 0.25) is 0 Å². The fourth-order valence-corrected chi connectivity index (χ4v) is 2.26. The van der Waals surface area contributed by atoms with Gasteiger partial charge in [0.05, 0.1) is 0 Å². The van der Waals surface area contributed by atoms with Gasteiger partial charge in [-0.3, -0.25) is 9.69 Å². The van der Waals surface area contributed by atoms with E-state index in [-0.39, 0.29) is 11.3 Å². The Morgan fingerprint density at radius 1 is 1.38 bits per heavy atom. The van der Waals surface area contributed by atoms with Crippen molar-refractivity contribution in [3.8, 4) is 0 Å². The van der Waals surface area contributed by atoms with E-state index in [0.717, 1.165) is 19.4 Å². The number of likely N-dealkylation sites (N-methyl/N-ethyl adjacent to an activating group) is 1. The van der Waals surface area contributed by atoms with Gasteiger partial charge in [-0.1, -0.05) is 13.8 Å². The van der Waals surface area contributed by atoms with Gasteiger partial charge in [-0.15, -0.1) is 0 Å². The highest BCUT2D eigenvalue weighted by molar-refractivity contribution is 5.85. The maximum atomic E-state index is 11.5. The van der Waals surface area contributed by atoms with E-state index >= 15 is 0 Å². The van der Waals surface area contributed by atoms with Crippen molar-refractivity contribution in [1.29, 1.82) is 0 Å². The van der Waals surface area contributed by atoms with Crippen molar-refractivity contribution in [2.75, 3.05) is 13.6 Å². The average molecular weight is 184 g/mol. The molecule has 0 bridgehead atoms. The molecule has 1 unspecified atom stereocenters. The lowest BCUT2D eigenvalue weighted by Gasteiger charge is -2.51. The topological polar surface area (TPSA) is 46.3 Å². The van der Waals surface area contributed by atoms with Gasteiger partial charge in [0.25, 0.3) is 0 Å². The highest BCUT2D eigenvalue weighted by Gasteiger charge is 2.50. The Kier molecular flexibility index (Phi) is 2.41. The van der Waals surface area contributed by atoms with Gasteiger partial charge in [0.2, 0.25) is 5.91 Å². The summed E-state index contributed by atoms with van der Waals surface area (Å²) in [5.41, 5.74) is 4.97. The van der Waals surface area contributed by atoms with Gasteiger partial charge in [-0.05, 0) is 38.8 Å². The van der Waals surface area contributed by atoms with Gasteiger partial charge in [0, 0.05) is 0 Å². The first-order valence-corrected chi connectivity index (χ1v) is 4.83. The number of hydrogen-bond donors (Lipinski definition) is 1. The van der Waals surface area contributed by atoms with Gasteiger partial charge in [0.1, 0.15) is 5.54 Å². The Hall–Kier alpha value is -0.570. The van der Waals surface area contributed by atoms with Gasteiger partial charge in [-0.2, -0.15) is 0 Å². The summed E-state index contributed by atoms with van der Waals surface area (Å²) < 4.78 is 0. The van der Waals surface area contributed by atoms with Crippen molar-refractivity contribution in [1.82, 2.24) is 4.90 Å². The summed E-state index contributed by atoms with van der Waals surface area (Å²) in [4.78, 5) is 13.6. The van der Waals surface area contributed by atoms with Gasteiger partial charge in [-0.25, -0.2) is 0 Å². The number of carbonyl (C=O) groups is 1. The quantitative estimate of drug-likeness (QED) is 0.660. The molecule has 0 aromatic rings. The van der Waals surface area contributed by atoms with E-state index in [4.69, 9.17) is 5.73 Å². The Morgan fingerprint density at radius 3 is 2.23 bits per heavy atom. The second-order valence-corrected chi connectivity index (χ2v) is 4.85. The summed E-state index contributed by atoms with van der Waals surface area (Å²) in [6.45, 7) is 7.15. The molecule has 3 heteroatoms. The van der Waals surface area contributed by atoms with Crippen molar-refractivity contribution >= 4 is 5.91 Å². The van der Waals surface area contributed by atoms with E-state index in [2.05, 4.69) is 18.7 Å². The number of rotatable bonds is 1. The number of amides is 1. The van der Waals surface area contributed by atoms with Crippen LogP contribution in [0.25, 0.3) is 0 Å². The van der Waals surface area contributed by atoms with E-state index in [1.165, 1.54) is 0 Å². The number of hydrogen-bond acceptors (Lipinski definition) is 2. The molecule has 76 valence electrons. The van der Waals surface area contributed by atoms with Crippen molar-refractivity contribution in [3.05, 3.63) is 0 Å². The predicted molar refractivity (Wildman–Crippen MR) is 53.2 cm³/mol. The summed E-state index contributed by atoms with van der Waals surface area (Å²) in [5.74, 6) is -0.209. The second kappa shape index (κ2) is 2.98. The molecule has 1 rings (SSSR count). The first-order valence-electron chi connectivity index (χ1n) is 4.83. The molecule has 1 amide bonds. The zero-order chi connectivity index (χ0) is 10.3. The van der Waals surface area contributed by atoms with Crippen molar-refractivity contribution in [2.24, 2.45) is 11.1 Å². The molecule has 0 aliphatic carbocycles. The molecule has 1 fully saturated rings. The van der Waals surface area contributed by atoms with Crippen LogP contribution in [0.4, 0.5) is 0 Å². The minimum atomic E-state index is -0.495. The van der Waals surface area contributed by atoms with Gasteiger partial charge < -0.3 is 5.73 Å². The molecule has 0 radical (unpaired) electrons. The number of nitrogens with zero attached hydrogens (tertiary/aromatic N) is 1. The molecule has 1 atom stereocenters. The molecule has 1 aliphatic heterocycles. The molecule has 0 saturated carbocycles. The van der Waals surface area contributed by atoms with E-state index in [1.54, 1.807) is 0 Å². The van der Waals surface area contributed by atoms with Crippen LogP contribution in [0.3, 0.4) is 0 Å². The molecule has 3 nitrogen and oxygen atoms in total. The summed E-state index contributed by atoms with van der Waals surface area (Å²) in [6, 6.07) is 0. The third kappa shape index (κ3) is 1.35. The van der Waals surface area contributed by atoms with Crippen LogP contribution in [0.15, 0.2) is 0 Å². The second-order valence-electron chi connectivity index (χ2n) is 4.85. The first-order chi connectivity index (χ1) is 5.82. The zero-order valence-electron chi connectivity index (χ0n) is 9.05. The number of primary amides is 1. The minimum Gasteiger partial charge on any atom is -0.368 e. The fraction of sp³-hybridized carbons (Fsp3) is 0.900. The van der Waals surface area contributed by atoms with Gasteiger partial charge >= 0.3 is 0 Å². The molecule has 1 heterocycles. The molecule has 13 heavy (non-hydrogen) atoms. The molecule has 1 saturated heterocycles. The maximum Gasteiger partial charge on any atom is 0.238 e. The Morgan fingerprint density at radius 2 is 1.92 bits per heavy atom. The Bertz CT molecular complexity index is 225.